The number of halogens is 1. The van der Waals surface area contributed by atoms with Gasteiger partial charge in [0.25, 0.3) is 5.56 Å². The summed E-state index contributed by atoms with van der Waals surface area (Å²) in [5.74, 6) is 0.331. The van der Waals surface area contributed by atoms with Crippen LogP contribution in [0.3, 0.4) is 0 Å². The van der Waals surface area contributed by atoms with Crippen LogP contribution in [0.4, 0.5) is 4.39 Å². The maximum absolute atomic E-state index is 13.1. The van der Waals surface area contributed by atoms with Crippen molar-refractivity contribution in [2.45, 2.75) is 0 Å². The zero-order chi connectivity index (χ0) is 16.0. The van der Waals surface area contributed by atoms with Gasteiger partial charge in [0.1, 0.15) is 11.6 Å². The average Bonchev–Trinajstić information content (AvgIpc) is 2.92. The van der Waals surface area contributed by atoms with E-state index in [1.807, 2.05) is 18.2 Å². The summed E-state index contributed by atoms with van der Waals surface area (Å²) in [4.78, 5) is 16.9. The standard InChI is InChI=1S/C17H12FN3O2/c1-23-12-6-7-15-13(8-12)16-14(9-19-15)17(22)21(20-16)11-4-2-10(18)3-5-11/h2-9,20H,1H3. The van der Waals surface area contributed by atoms with Gasteiger partial charge in [-0.1, -0.05) is 0 Å². The maximum atomic E-state index is 13.1. The van der Waals surface area contributed by atoms with Gasteiger partial charge in [0.05, 0.1) is 29.2 Å². The molecule has 0 aliphatic heterocycles. The van der Waals surface area contributed by atoms with Gasteiger partial charge in [-0.25, -0.2) is 9.07 Å². The fourth-order valence-electron chi connectivity index (χ4n) is 2.64. The molecule has 2 aromatic heterocycles. The van der Waals surface area contributed by atoms with Gasteiger partial charge >= 0.3 is 0 Å². The highest BCUT2D eigenvalue weighted by Crippen LogP contribution is 2.25. The number of methoxy groups -OCH3 is 1. The van der Waals surface area contributed by atoms with Crippen molar-refractivity contribution >= 4 is 21.8 Å². The molecule has 0 atom stereocenters. The second kappa shape index (κ2) is 4.95. The maximum Gasteiger partial charge on any atom is 0.280 e. The molecular formula is C17H12FN3O2. The third-order valence-electron chi connectivity index (χ3n) is 3.82. The van der Waals surface area contributed by atoms with Crippen molar-refractivity contribution in [3.8, 4) is 11.4 Å². The molecular weight excluding hydrogens is 297 g/mol. The number of hydrogen-bond donors (Lipinski definition) is 1. The number of pyridine rings is 1. The second-order valence-corrected chi connectivity index (χ2v) is 5.16. The van der Waals surface area contributed by atoms with Crippen LogP contribution in [0, 0.1) is 5.82 Å². The van der Waals surface area contributed by atoms with Crippen molar-refractivity contribution in [3.63, 3.8) is 0 Å². The quantitative estimate of drug-likeness (QED) is 0.619. The van der Waals surface area contributed by atoms with Crippen LogP contribution in [0.1, 0.15) is 0 Å². The molecule has 0 unspecified atom stereocenters. The summed E-state index contributed by atoms with van der Waals surface area (Å²) in [5.41, 5.74) is 1.75. The molecule has 0 saturated heterocycles. The first-order valence-electron chi connectivity index (χ1n) is 7.01. The molecule has 4 aromatic rings. The zero-order valence-corrected chi connectivity index (χ0v) is 12.2. The molecule has 0 fully saturated rings. The highest BCUT2D eigenvalue weighted by molar-refractivity contribution is 6.03. The fourth-order valence-corrected chi connectivity index (χ4v) is 2.64. The highest BCUT2D eigenvalue weighted by Gasteiger charge is 2.12. The van der Waals surface area contributed by atoms with E-state index >= 15 is 0 Å². The number of benzene rings is 2. The minimum absolute atomic E-state index is 0.233. The van der Waals surface area contributed by atoms with Crippen LogP contribution < -0.4 is 10.3 Å². The number of fused-ring (bicyclic) bond motifs is 3. The molecule has 4 rings (SSSR count). The van der Waals surface area contributed by atoms with E-state index in [0.717, 1.165) is 10.9 Å². The second-order valence-electron chi connectivity index (χ2n) is 5.16. The molecule has 23 heavy (non-hydrogen) atoms. The molecule has 0 bridgehead atoms. The van der Waals surface area contributed by atoms with Gasteiger partial charge in [-0.15, -0.1) is 0 Å². The van der Waals surface area contributed by atoms with E-state index in [1.165, 1.54) is 16.8 Å². The van der Waals surface area contributed by atoms with E-state index in [4.69, 9.17) is 4.74 Å². The Hall–Kier alpha value is -3.15. The third kappa shape index (κ3) is 2.07. The SMILES string of the molecule is COc1ccc2ncc3c(=O)n(-c4ccc(F)cc4)[nH]c3c2c1. The number of hydrogen-bond acceptors (Lipinski definition) is 3. The lowest BCUT2D eigenvalue weighted by Gasteiger charge is -2.03. The monoisotopic (exact) mass is 309 g/mol. The normalized spacial score (nSPS) is 11.2. The van der Waals surface area contributed by atoms with Crippen molar-refractivity contribution < 1.29 is 9.13 Å². The molecule has 0 aliphatic carbocycles. The highest BCUT2D eigenvalue weighted by atomic mass is 19.1. The lowest BCUT2D eigenvalue weighted by atomic mass is 10.1. The van der Waals surface area contributed by atoms with Crippen LogP contribution in [0.2, 0.25) is 0 Å². The van der Waals surface area contributed by atoms with Gasteiger partial charge in [-0.05, 0) is 42.5 Å². The fraction of sp³-hybridized carbons (Fsp3) is 0.0588. The Bertz CT molecular complexity index is 1080. The largest absolute Gasteiger partial charge is 0.497 e. The molecule has 2 aromatic carbocycles. The van der Waals surface area contributed by atoms with Gasteiger partial charge in [0, 0.05) is 11.6 Å². The zero-order valence-electron chi connectivity index (χ0n) is 12.2. The Labute approximate surface area is 129 Å². The van der Waals surface area contributed by atoms with E-state index in [2.05, 4.69) is 10.1 Å². The van der Waals surface area contributed by atoms with E-state index in [1.54, 1.807) is 25.4 Å². The van der Waals surface area contributed by atoms with Crippen LogP contribution in [0.15, 0.2) is 53.5 Å². The number of ether oxygens (including phenoxy) is 1. The number of aromatic nitrogens is 3. The van der Waals surface area contributed by atoms with Crippen LogP contribution in [0.5, 0.6) is 5.75 Å². The molecule has 0 aliphatic rings. The summed E-state index contributed by atoms with van der Waals surface area (Å²) in [5, 5.41) is 4.34. The summed E-state index contributed by atoms with van der Waals surface area (Å²) in [6, 6.07) is 11.2. The first kappa shape index (κ1) is 13.5. The predicted molar refractivity (Wildman–Crippen MR) is 85.7 cm³/mol. The summed E-state index contributed by atoms with van der Waals surface area (Å²) < 4.78 is 19.7. The molecule has 5 nitrogen and oxygen atoms in total. The summed E-state index contributed by atoms with van der Waals surface area (Å²) in [6.45, 7) is 0. The molecule has 6 heteroatoms. The summed E-state index contributed by atoms with van der Waals surface area (Å²) in [7, 11) is 1.58. The molecule has 1 N–H and O–H groups in total. The van der Waals surface area contributed by atoms with E-state index < -0.39 is 0 Å². The Balaban J connectivity index is 2.04. The lowest BCUT2D eigenvalue weighted by molar-refractivity contribution is 0.415. The van der Waals surface area contributed by atoms with Gasteiger partial charge in [0.15, 0.2) is 0 Å². The van der Waals surface area contributed by atoms with Crippen LogP contribution >= 0.6 is 0 Å². The number of aromatic amines is 1. The number of rotatable bonds is 2. The summed E-state index contributed by atoms with van der Waals surface area (Å²) >= 11 is 0. The van der Waals surface area contributed by atoms with Crippen molar-refractivity contribution in [2.75, 3.05) is 7.11 Å². The van der Waals surface area contributed by atoms with Crippen LogP contribution in [-0.2, 0) is 0 Å². The van der Waals surface area contributed by atoms with E-state index in [9.17, 15) is 9.18 Å². The van der Waals surface area contributed by atoms with Crippen molar-refractivity contribution in [1.29, 1.82) is 0 Å². The molecule has 0 radical (unpaired) electrons. The van der Waals surface area contributed by atoms with Crippen molar-refractivity contribution in [1.82, 2.24) is 14.8 Å². The van der Waals surface area contributed by atoms with Crippen LogP contribution in [-0.4, -0.2) is 21.9 Å². The average molecular weight is 309 g/mol. The lowest BCUT2D eigenvalue weighted by Crippen LogP contribution is -2.14. The molecule has 114 valence electrons. The number of nitrogens with zero attached hydrogens (tertiary/aromatic N) is 2. The number of nitrogens with one attached hydrogen (secondary N) is 1. The van der Waals surface area contributed by atoms with Gasteiger partial charge in [-0.2, -0.15) is 0 Å². The minimum atomic E-state index is -0.352. The Morgan fingerprint density at radius 2 is 1.91 bits per heavy atom. The van der Waals surface area contributed by atoms with Crippen molar-refractivity contribution in [3.05, 3.63) is 64.8 Å². The van der Waals surface area contributed by atoms with Crippen molar-refractivity contribution in [2.24, 2.45) is 0 Å². The molecule has 0 amide bonds. The molecule has 0 saturated carbocycles. The van der Waals surface area contributed by atoms with Gasteiger partial charge < -0.3 is 4.74 Å². The van der Waals surface area contributed by atoms with Gasteiger partial charge in [0.2, 0.25) is 0 Å². The molecule has 2 heterocycles. The predicted octanol–water partition coefficient (Wildman–Crippen LogP) is 3.01. The van der Waals surface area contributed by atoms with E-state index in [0.29, 0.717) is 22.3 Å². The third-order valence-corrected chi connectivity index (χ3v) is 3.82. The minimum Gasteiger partial charge on any atom is -0.497 e. The first-order chi connectivity index (χ1) is 11.2. The smallest absolute Gasteiger partial charge is 0.280 e. The first-order valence-corrected chi connectivity index (χ1v) is 7.01. The van der Waals surface area contributed by atoms with Gasteiger partial charge in [-0.3, -0.25) is 14.9 Å². The summed E-state index contributed by atoms with van der Waals surface area (Å²) in [6.07, 6.45) is 1.54. The molecule has 0 spiro atoms. The Morgan fingerprint density at radius 3 is 2.65 bits per heavy atom. The van der Waals surface area contributed by atoms with E-state index in [-0.39, 0.29) is 11.4 Å². The Morgan fingerprint density at radius 1 is 1.13 bits per heavy atom. The van der Waals surface area contributed by atoms with Crippen LogP contribution in [0.25, 0.3) is 27.5 Å². The Kier molecular flexibility index (Phi) is 2.90. The number of H-pyrrole nitrogens is 1. The topological polar surface area (TPSA) is 59.9 Å².